The van der Waals surface area contributed by atoms with E-state index >= 15 is 0 Å². The molecular formula is C27H22ClN3O2. The van der Waals surface area contributed by atoms with Gasteiger partial charge in [-0.25, -0.2) is 0 Å². The number of halogens is 1. The molecule has 6 atom stereocenters. The minimum absolute atomic E-state index is 0.134. The lowest BCUT2D eigenvalue weighted by Crippen LogP contribution is -2.40. The van der Waals surface area contributed by atoms with Gasteiger partial charge in [0.1, 0.15) is 0 Å². The predicted octanol–water partition coefficient (Wildman–Crippen LogP) is 4.73. The van der Waals surface area contributed by atoms with Crippen molar-refractivity contribution in [2.75, 3.05) is 0 Å². The van der Waals surface area contributed by atoms with Crippen molar-refractivity contribution in [1.29, 1.82) is 0 Å². The van der Waals surface area contributed by atoms with Crippen molar-refractivity contribution in [3.05, 3.63) is 83.0 Å². The number of carbonyl (C=O) groups is 2. The molecular weight excluding hydrogens is 434 g/mol. The molecule has 2 amide bonds. The molecule has 0 N–H and O–H groups in total. The lowest BCUT2D eigenvalue weighted by molar-refractivity contribution is -0.140. The molecule has 8 rings (SSSR count). The Balaban J connectivity index is 1.22. The monoisotopic (exact) mass is 455 g/mol. The van der Waals surface area contributed by atoms with Crippen LogP contribution in [0, 0.1) is 35.5 Å². The molecule has 0 radical (unpaired) electrons. The van der Waals surface area contributed by atoms with Crippen LogP contribution < -0.4 is 0 Å². The Hall–Kier alpha value is -3.18. The summed E-state index contributed by atoms with van der Waals surface area (Å²) in [5.41, 5.74) is 2.95. The molecule has 0 unspecified atom stereocenters. The molecule has 6 heteroatoms. The highest BCUT2D eigenvalue weighted by molar-refractivity contribution is 6.31. The van der Waals surface area contributed by atoms with Gasteiger partial charge in [0, 0.05) is 34.2 Å². The number of para-hydroxylation sites is 1. The largest absolute Gasteiger partial charge is 0.342 e. The van der Waals surface area contributed by atoms with E-state index in [2.05, 4.69) is 27.9 Å². The number of hydrogen-bond donors (Lipinski definition) is 0. The summed E-state index contributed by atoms with van der Waals surface area (Å²) < 4.78 is 2.13. The highest BCUT2D eigenvalue weighted by Gasteiger charge is 2.67. The van der Waals surface area contributed by atoms with Crippen molar-refractivity contribution in [2.45, 2.75) is 13.0 Å². The van der Waals surface area contributed by atoms with Crippen LogP contribution in [0.25, 0.3) is 10.9 Å². The Morgan fingerprint density at radius 3 is 2.33 bits per heavy atom. The summed E-state index contributed by atoms with van der Waals surface area (Å²) in [6, 6.07) is 15.9. The highest BCUT2D eigenvalue weighted by Crippen LogP contribution is 2.65. The number of fused-ring (bicyclic) bond motifs is 1. The van der Waals surface area contributed by atoms with E-state index in [4.69, 9.17) is 11.6 Å². The molecule has 2 saturated carbocycles. The molecule has 2 heterocycles. The van der Waals surface area contributed by atoms with Crippen molar-refractivity contribution in [2.24, 2.45) is 40.6 Å². The molecule has 1 saturated heterocycles. The van der Waals surface area contributed by atoms with Gasteiger partial charge in [-0.1, -0.05) is 60.2 Å². The predicted molar refractivity (Wildman–Crippen MR) is 127 cm³/mol. The van der Waals surface area contributed by atoms with E-state index in [1.54, 1.807) is 6.21 Å². The maximum Gasteiger partial charge on any atom is 0.254 e. The van der Waals surface area contributed by atoms with Gasteiger partial charge in [0.15, 0.2) is 0 Å². The number of amides is 2. The molecule has 164 valence electrons. The molecule has 1 aliphatic heterocycles. The van der Waals surface area contributed by atoms with Gasteiger partial charge in [-0.15, -0.1) is 0 Å². The van der Waals surface area contributed by atoms with E-state index < -0.39 is 0 Å². The molecule has 0 spiro atoms. The van der Waals surface area contributed by atoms with Crippen molar-refractivity contribution in [3.63, 3.8) is 0 Å². The van der Waals surface area contributed by atoms with Crippen LogP contribution in [0.5, 0.6) is 0 Å². The SMILES string of the molecule is O=C1[C@@H]2[C@@H]3C=C[C@H]([C@@H]4C[C@H]34)[C@H]2C(=O)N1/N=C\c1cn(Cc2ccccc2Cl)c2ccccc12. The van der Waals surface area contributed by atoms with Crippen molar-refractivity contribution in [3.8, 4) is 0 Å². The second-order valence-corrected chi connectivity index (χ2v) is 10.1. The number of rotatable bonds is 4. The van der Waals surface area contributed by atoms with Crippen molar-refractivity contribution < 1.29 is 9.59 Å². The zero-order chi connectivity index (χ0) is 22.3. The number of nitrogens with zero attached hydrogens (tertiary/aromatic N) is 3. The van der Waals surface area contributed by atoms with Crippen LogP contribution in [0.2, 0.25) is 5.02 Å². The first-order chi connectivity index (χ1) is 16.1. The summed E-state index contributed by atoms with van der Waals surface area (Å²) >= 11 is 6.39. The zero-order valence-corrected chi connectivity index (χ0v) is 18.6. The standard InChI is InChI=1S/C27H22ClN3O2/c28-22-7-3-1-5-15(22)13-30-14-16(17-6-2-4-8-23(17)30)12-29-31-26(32)24-18-9-10-19(21-11-20(18)21)25(24)27(31)33/h1-10,12,14,18-21,24-25H,11,13H2/b29-12-/t18-,19-,20-,21+,24-,25-/m1/s1. The normalized spacial score (nSPS) is 31.6. The van der Waals surface area contributed by atoms with Crippen LogP contribution in [-0.4, -0.2) is 27.6 Å². The summed E-state index contributed by atoms with van der Waals surface area (Å²) in [7, 11) is 0. The Kier molecular flexibility index (Phi) is 4.04. The molecule has 2 bridgehead atoms. The molecule has 5 aliphatic rings. The van der Waals surface area contributed by atoms with E-state index in [1.807, 2.05) is 48.7 Å². The quantitative estimate of drug-likeness (QED) is 0.324. The summed E-state index contributed by atoms with van der Waals surface area (Å²) in [5.74, 6) is 0.870. The van der Waals surface area contributed by atoms with Crippen LogP contribution in [0.15, 0.2) is 72.0 Å². The Morgan fingerprint density at radius 2 is 1.61 bits per heavy atom. The van der Waals surface area contributed by atoms with Crippen LogP contribution in [0.1, 0.15) is 17.5 Å². The molecule has 1 aromatic heterocycles. The number of imide groups is 1. The van der Waals surface area contributed by atoms with Crippen LogP contribution in [0.3, 0.4) is 0 Å². The minimum Gasteiger partial charge on any atom is -0.342 e. The fourth-order valence-corrected chi connectivity index (χ4v) is 6.69. The number of benzene rings is 2. The average Bonchev–Trinajstić information content (AvgIpc) is 3.54. The summed E-state index contributed by atoms with van der Waals surface area (Å²) in [4.78, 5) is 26.4. The van der Waals surface area contributed by atoms with Crippen LogP contribution >= 0.6 is 11.6 Å². The summed E-state index contributed by atoms with van der Waals surface area (Å²) in [6.45, 7) is 0.623. The molecule has 5 nitrogen and oxygen atoms in total. The van der Waals surface area contributed by atoms with Crippen molar-refractivity contribution >= 4 is 40.5 Å². The van der Waals surface area contributed by atoms with E-state index in [1.165, 1.54) is 0 Å². The summed E-state index contributed by atoms with van der Waals surface area (Å²) in [5, 5.41) is 7.34. The first-order valence-electron chi connectivity index (χ1n) is 11.5. The number of allylic oxidation sites excluding steroid dienone is 2. The molecule has 3 fully saturated rings. The molecule has 33 heavy (non-hydrogen) atoms. The Labute approximate surface area is 196 Å². The van der Waals surface area contributed by atoms with E-state index in [0.717, 1.165) is 38.5 Å². The number of hydrogen-bond acceptors (Lipinski definition) is 3. The maximum absolute atomic E-state index is 13.2. The van der Waals surface area contributed by atoms with Gasteiger partial charge in [-0.3, -0.25) is 9.59 Å². The first kappa shape index (κ1) is 19.3. The van der Waals surface area contributed by atoms with E-state index in [9.17, 15) is 9.59 Å². The van der Waals surface area contributed by atoms with E-state index in [-0.39, 0.29) is 35.5 Å². The fourth-order valence-electron chi connectivity index (χ4n) is 6.49. The molecule has 3 aromatic rings. The summed E-state index contributed by atoms with van der Waals surface area (Å²) in [6.07, 6.45) is 9.19. The average molecular weight is 456 g/mol. The zero-order valence-electron chi connectivity index (χ0n) is 17.8. The third kappa shape index (κ3) is 2.75. The second kappa shape index (κ2) is 6.91. The van der Waals surface area contributed by atoms with Crippen molar-refractivity contribution in [1.82, 2.24) is 9.58 Å². The van der Waals surface area contributed by atoms with Gasteiger partial charge in [0.25, 0.3) is 11.8 Å². The lowest BCUT2D eigenvalue weighted by Gasteiger charge is -2.37. The minimum atomic E-state index is -0.227. The first-order valence-corrected chi connectivity index (χ1v) is 11.9. The molecule has 2 aromatic carbocycles. The molecule has 4 aliphatic carbocycles. The fraction of sp³-hybridized carbons (Fsp3) is 0.296. The maximum atomic E-state index is 13.2. The second-order valence-electron chi connectivity index (χ2n) is 9.71. The van der Waals surface area contributed by atoms with Crippen LogP contribution in [0.4, 0.5) is 0 Å². The van der Waals surface area contributed by atoms with Crippen LogP contribution in [-0.2, 0) is 16.1 Å². The lowest BCUT2D eigenvalue weighted by atomic mass is 9.63. The van der Waals surface area contributed by atoms with E-state index in [0.29, 0.717) is 18.4 Å². The van der Waals surface area contributed by atoms with Gasteiger partial charge in [0.2, 0.25) is 0 Å². The van der Waals surface area contributed by atoms with Gasteiger partial charge in [-0.05, 0) is 47.8 Å². The number of aromatic nitrogens is 1. The number of hydrazone groups is 1. The van der Waals surface area contributed by atoms with Gasteiger partial charge < -0.3 is 4.57 Å². The highest BCUT2D eigenvalue weighted by atomic mass is 35.5. The number of carbonyl (C=O) groups excluding carboxylic acids is 2. The topological polar surface area (TPSA) is 54.7 Å². The third-order valence-corrected chi connectivity index (χ3v) is 8.44. The Morgan fingerprint density at radius 1 is 0.939 bits per heavy atom. The third-order valence-electron chi connectivity index (χ3n) is 8.07. The smallest absolute Gasteiger partial charge is 0.254 e. The van der Waals surface area contributed by atoms with Gasteiger partial charge in [-0.2, -0.15) is 10.1 Å². The van der Waals surface area contributed by atoms with Gasteiger partial charge >= 0.3 is 0 Å². The van der Waals surface area contributed by atoms with Gasteiger partial charge in [0.05, 0.1) is 18.1 Å². The Bertz CT molecular complexity index is 1350.